The number of halogens is 3. The molecule has 3 aromatic heterocycles. The van der Waals surface area contributed by atoms with Gasteiger partial charge >= 0.3 is 18.2 Å². The summed E-state index contributed by atoms with van der Waals surface area (Å²) in [6, 6.07) is 2.16. The van der Waals surface area contributed by atoms with Crippen molar-refractivity contribution in [3.63, 3.8) is 0 Å². The van der Waals surface area contributed by atoms with Crippen molar-refractivity contribution in [3.05, 3.63) is 47.4 Å². The minimum Gasteiger partial charge on any atom is -0.456 e. The van der Waals surface area contributed by atoms with Crippen molar-refractivity contribution < 1.29 is 37.1 Å². The minimum atomic E-state index is -4.66. The molecule has 3 aromatic rings. The molecule has 0 bridgehead atoms. The number of ether oxygens (including phenoxy) is 1. The number of nitrogens with zero attached hydrogens (tertiary/aromatic N) is 3. The van der Waals surface area contributed by atoms with Gasteiger partial charge in [-0.3, -0.25) is 35.5 Å². The van der Waals surface area contributed by atoms with Crippen molar-refractivity contribution in [2.75, 3.05) is 18.5 Å². The zero-order valence-electron chi connectivity index (χ0n) is 19.8. The van der Waals surface area contributed by atoms with Gasteiger partial charge < -0.3 is 10.1 Å². The summed E-state index contributed by atoms with van der Waals surface area (Å²) in [5.74, 6) is -2.19. The highest BCUT2D eigenvalue weighted by Gasteiger charge is 2.34. The fraction of sp³-hybridized carbons (Fsp3) is 0.227. The molecule has 0 aliphatic heterocycles. The summed E-state index contributed by atoms with van der Waals surface area (Å²) < 4.78 is 44.1. The van der Waals surface area contributed by atoms with Crippen LogP contribution in [0.2, 0.25) is 0 Å². The molecule has 0 saturated heterocycles. The van der Waals surface area contributed by atoms with Crippen LogP contribution in [0, 0.1) is 0 Å². The number of aromatic nitrogens is 3. The molecule has 0 radical (unpaired) electrons. The number of urea groups is 1. The van der Waals surface area contributed by atoms with Crippen LogP contribution in [0.4, 0.5) is 23.8 Å². The number of amides is 4. The third kappa shape index (κ3) is 7.45. The zero-order chi connectivity index (χ0) is 27.9. The lowest BCUT2D eigenvalue weighted by molar-refractivity contribution is -0.146. The van der Waals surface area contributed by atoms with Crippen molar-refractivity contribution >= 4 is 41.0 Å². The summed E-state index contributed by atoms with van der Waals surface area (Å²) in [6.07, 6.45) is -0.819. The average Bonchev–Trinajstić information content (AvgIpc) is 3.37. The molecule has 0 aliphatic carbocycles. The number of hydrogen-bond acceptors (Lipinski definition) is 9. The van der Waals surface area contributed by atoms with Gasteiger partial charge in [-0.2, -0.15) is 13.2 Å². The van der Waals surface area contributed by atoms with E-state index in [0.717, 1.165) is 23.6 Å². The van der Waals surface area contributed by atoms with Crippen molar-refractivity contribution in [1.82, 2.24) is 31.1 Å². The molecule has 38 heavy (non-hydrogen) atoms. The summed E-state index contributed by atoms with van der Waals surface area (Å²) in [7, 11) is 0. The van der Waals surface area contributed by atoms with Gasteiger partial charge in [0.2, 0.25) is 0 Å². The number of nitrogens with one attached hydrogen (secondary N) is 4. The maximum Gasteiger partial charge on any atom is 0.434 e. The second kappa shape index (κ2) is 12.1. The van der Waals surface area contributed by atoms with Crippen LogP contribution in [-0.4, -0.2) is 51.9 Å². The Balaban J connectivity index is 1.93. The maximum atomic E-state index is 13.2. The molecule has 0 fully saturated rings. The van der Waals surface area contributed by atoms with Gasteiger partial charge in [0.15, 0.2) is 12.3 Å². The van der Waals surface area contributed by atoms with E-state index in [-0.39, 0.29) is 27.5 Å². The van der Waals surface area contributed by atoms with Crippen LogP contribution in [0.3, 0.4) is 0 Å². The van der Waals surface area contributed by atoms with E-state index in [2.05, 4.69) is 41.2 Å². The normalized spacial score (nSPS) is 10.9. The molecule has 200 valence electrons. The number of esters is 1. The molecule has 0 aromatic carbocycles. The predicted molar refractivity (Wildman–Crippen MR) is 129 cm³/mol. The second-order valence-corrected chi connectivity index (χ2v) is 8.24. The van der Waals surface area contributed by atoms with Gasteiger partial charge in [-0.05, 0) is 19.1 Å². The number of pyridine rings is 2. The first-order valence-electron chi connectivity index (χ1n) is 10.7. The summed E-state index contributed by atoms with van der Waals surface area (Å²) in [5, 5.41) is 5.85. The molecule has 12 nitrogen and oxygen atoms in total. The van der Waals surface area contributed by atoms with Gasteiger partial charge in [0.25, 0.3) is 11.8 Å². The maximum absolute atomic E-state index is 13.2. The Labute approximate surface area is 217 Å². The molecule has 4 amide bonds. The Morgan fingerprint density at radius 1 is 1.05 bits per heavy atom. The Morgan fingerprint density at radius 2 is 1.82 bits per heavy atom. The highest BCUT2D eigenvalue weighted by atomic mass is 32.1. The van der Waals surface area contributed by atoms with Crippen LogP contribution in [0.1, 0.15) is 29.9 Å². The number of hydrazine groups is 1. The van der Waals surface area contributed by atoms with Crippen LogP contribution in [-0.2, 0) is 20.5 Å². The SMILES string of the molecule is CCNC(=O)Nc1cc(-c2nc(C(F)(F)F)cs2)c(-c2cncc(C(=O)NNC(=O)COC(C)=O)c2)cn1. The van der Waals surface area contributed by atoms with Crippen LogP contribution in [0.25, 0.3) is 21.7 Å². The number of carbonyl (C=O) groups excluding carboxylic acids is 4. The third-order valence-corrected chi connectivity index (χ3v) is 5.42. The van der Waals surface area contributed by atoms with Gasteiger partial charge in [-0.1, -0.05) is 0 Å². The summed E-state index contributed by atoms with van der Waals surface area (Å²) in [4.78, 5) is 58.7. The lowest BCUT2D eigenvalue weighted by Gasteiger charge is -2.12. The minimum absolute atomic E-state index is 0.0127. The summed E-state index contributed by atoms with van der Waals surface area (Å²) >= 11 is 0.734. The van der Waals surface area contributed by atoms with Crippen LogP contribution < -0.4 is 21.5 Å². The molecule has 16 heteroatoms. The van der Waals surface area contributed by atoms with E-state index in [1.54, 1.807) is 6.92 Å². The molecule has 4 N–H and O–H groups in total. The Kier molecular flexibility index (Phi) is 8.90. The molecule has 0 aliphatic rings. The van der Waals surface area contributed by atoms with Crippen molar-refractivity contribution in [2.45, 2.75) is 20.0 Å². The molecule has 0 saturated carbocycles. The van der Waals surface area contributed by atoms with Crippen molar-refractivity contribution in [2.24, 2.45) is 0 Å². The van der Waals surface area contributed by atoms with Gasteiger partial charge in [0.05, 0.1) is 5.56 Å². The molecule has 0 atom stereocenters. The van der Waals surface area contributed by atoms with Crippen LogP contribution in [0.15, 0.2) is 36.1 Å². The molecule has 3 heterocycles. The number of thiazole rings is 1. The largest absolute Gasteiger partial charge is 0.456 e. The molecule has 0 spiro atoms. The van der Waals surface area contributed by atoms with Gasteiger partial charge in [0, 0.05) is 54.1 Å². The van der Waals surface area contributed by atoms with Crippen molar-refractivity contribution in [3.8, 4) is 21.7 Å². The quantitative estimate of drug-likeness (QED) is 0.257. The average molecular weight is 552 g/mol. The zero-order valence-corrected chi connectivity index (χ0v) is 20.6. The second-order valence-electron chi connectivity index (χ2n) is 7.38. The summed E-state index contributed by atoms with van der Waals surface area (Å²) in [6.45, 7) is 2.55. The van der Waals surface area contributed by atoms with E-state index in [0.29, 0.717) is 12.1 Å². The highest BCUT2D eigenvalue weighted by molar-refractivity contribution is 7.13. The monoisotopic (exact) mass is 551 g/mol. The molecular formula is C22H20F3N7O5S. The Hall–Kier alpha value is -4.60. The standard InChI is InChI=1S/C22H20F3N7O5S/c1-3-27-21(36)30-17-5-14(20-29-16(10-38-20)22(23,24)25)15(8-28-17)12-4-13(7-26-6-12)19(35)32-31-18(34)9-37-11(2)33/h4-8,10H,3,9H2,1-2H3,(H,31,34)(H,32,35)(H2,27,28,30,36). The molecule has 0 unspecified atom stereocenters. The molecule has 3 rings (SSSR count). The Morgan fingerprint density at radius 3 is 2.47 bits per heavy atom. The number of hydrogen-bond donors (Lipinski definition) is 4. The third-order valence-electron chi connectivity index (χ3n) is 4.54. The van der Waals surface area contributed by atoms with E-state index in [1.807, 2.05) is 0 Å². The van der Waals surface area contributed by atoms with E-state index >= 15 is 0 Å². The van der Waals surface area contributed by atoms with Crippen LogP contribution >= 0.6 is 11.3 Å². The topological polar surface area (TPSA) is 164 Å². The van der Waals surface area contributed by atoms with E-state index in [4.69, 9.17) is 0 Å². The van der Waals surface area contributed by atoms with Crippen LogP contribution in [0.5, 0.6) is 0 Å². The lowest BCUT2D eigenvalue weighted by Crippen LogP contribution is -2.43. The first kappa shape index (κ1) is 28.0. The number of carbonyl (C=O) groups is 4. The van der Waals surface area contributed by atoms with E-state index < -0.39 is 42.3 Å². The first-order chi connectivity index (χ1) is 18.0. The summed E-state index contributed by atoms with van der Waals surface area (Å²) in [5.41, 5.74) is 3.86. The van der Waals surface area contributed by atoms with Crippen molar-refractivity contribution in [1.29, 1.82) is 0 Å². The van der Waals surface area contributed by atoms with E-state index in [1.165, 1.54) is 30.7 Å². The lowest BCUT2D eigenvalue weighted by atomic mass is 10.0. The number of rotatable bonds is 7. The fourth-order valence-electron chi connectivity index (χ4n) is 2.89. The number of alkyl halides is 3. The van der Waals surface area contributed by atoms with Gasteiger partial charge in [-0.15, -0.1) is 11.3 Å². The Bertz CT molecular complexity index is 1360. The van der Waals surface area contributed by atoms with E-state index in [9.17, 15) is 32.3 Å². The number of anilines is 1. The van der Waals surface area contributed by atoms with Gasteiger partial charge in [0.1, 0.15) is 10.8 Å². The van der Waals surface area contributed by atoms with Gasteiger partial charge in [-0.25, -0.2) is 14.8 Å². The molecular weight excluding hydrogens is 531 g/mol. The predicted octanol–water partition coefficient (Wildman–Crippen LogP) is 2.75. The first-order valence-corrected chi connectivity index (χ1v) is 11.6. The highest BCUT2D eigenvalue weighted by Crippen LogP contribution is 2.38. The smallest absolute Gasteiger partial charge is 0.434 e. The fourth-order valence-corrected chi connectivity index (χ4v) is 3.75.